The number of benzene rings is 2. The van der Waals surface area contributed by atoms with E-state index >= 15 is 0 Å². The molecule has 3 rings (SSSR count). The van der Waals surface area contributed by atoms with E-state index in [9.17, 15) is 14.9 Å². The number of nitrogens with zero attached hydrogens (tertiary/aromatic N) is 3. The smallest absolute Gasteiger partial charge is 0.269 e. The highest BCUT2D eigenvalue weighted by molar-refractivity contribution is 5.78. The number of hydrogen-bond acceptors (Lipinski definition) is 5. The summed E-state index contributed by atoms with van der Waals surface area (Å²) in [6.07, 6.45) is 0. The van der Waals surface area contributed by atoms with E-state index < -0.39 is 4.92 Å². The Labute approximate surface area is 164 Å². The first-order valence-corrected chi connectivity index (χ1v) is 9.44. The van der Waals surface area contributed by atoms with Crippen LogP contribution in [0.25, 0.3) is 0 Å². The van der Waals surface area contributed by atoms with E-state index in [1.807, 2.05) is 18.2 Å². The number of carbonyl (C=O) groups is 1. The molecule has 0 bridgehead atoms. The second-order valence-electron chi connectivity index (χ2n) is 7.16. The largest absolute Gasteiger partial charge is 0.484 e. The number of non-ortho nitro benzene ring substituents is 1. The molecule has 1 fully saturated rings. The van der Waals surface area contributed by atoms with E-state index in [-0.39, 0.29) is 18.2 Å². The molecule has 148 valence electrons. The molecule has 28 heavy (non-hydrogen) atoms. The molecule has 1 amide bonds. The lowest BCUT2D eigenvalue weighted by Gasteiger charge is -2.36. The second kappa shape index (κ2) is 8.73. The van der Waals surface area contributed by atoms with Crippen molar-refractivity contribution in [1.82, 2.24) is 4.90 Å². The van der Waals surface area contributed by atoms with E-state index in [1.165, 1.54) is 17.7 Å². The Kier molecular flexibility index (Phi) is 6.13. The van der Waals surface area contributed by atoms with Crippen LogP contribution >= 0.6 is 0 Å². The lowest BCUT2D eigenvalue weighted by Crippen LogP contribution is -2.50. The summed E-state index contributed by atoms with van der Waals surface area (Å²) in [6.45, 7) is 6.84. The lowest BCUT2D eigenvalue weighted by atomic mass is 10.0. The average Bonchev–Trinajstić information content (AvgIpc) is 2.72. The van der Waals surface area contributed by atoms with Crippen LogP contribution < -0.4 is 9.64 Å². The van der Waals surface area contributed by atoms with Crippen molar-refractivity contribution in [3.05, 3.63) is 64.2 Å². The molecule has 2 aromatic rings. The van der Waals surface area contributed by atoms with Gasteiger partial charge in [-0.25, -0.2) is 0 Å². The minimum atomic E-state index is -0.406. The molecule has 2 aromatic carbocycles. The molecule has 0 unspecified atom stereocenters. The molecule has 7 nitrogen and oxygen atoms in total. The highest BCUT2D eigenvalue weighted by Crippen LogP contribution is 2.22. The third-order valence-corrected chi connectivity index (χ3v) is 4.95. The van der Waals surface area contributed by atoms with Gasteiger partial charge in [0.2, 0.25) is 0 Å². The summed E-state index contributed by atoms with van der Waals surface area (Å²) in [5, 5.41) is 10.8. The van der Waals surface area contributed by atoms with Crippen molar-refractivity contribution in [3.63, 3.8) is 0 Å². The quantitative estimate of drug-likeness (QED) is 0.564. The van der Waals surface area contributed by atoms with Gasteiger partial charge >= 0.3 is 0 Å². The van der Waals surface area contributed by atoms with Crippen molar-refractivity contribution in [3.8, 4) is 5.75 Å². The van der Waals surface area contributed by atoms with Crippen LogP contribution in [0.2, 0.25) is 0 Å². The molecule has 1 heterocycles. The van der Waals surface area contributed by atoms with Crippen LogP contribution in [-0.4, -0.2) is 48.5 Å². The molecule has 0 aliphatic carbocycles. The molecule has 1 aliphatic heterocycles. The zero-order chi connectivity index (χ0) is 20.1. The SMILES string of the molecule is CC(C)c1cccc(OCC(=O)N2CCN(c3ccc([N+](=O)[O-])cc3)CC2)c1. The topological polar surface area (TPSA) is 75.9 Å². The van der Waals surface area contributed by atoms with Crippen molar-refractivity contribution in [2.24, 2.45) is 0 Å². The minimum absolute atomic E-state index is 0.0269. The number of nitro benzene ring substituents is 1. The van der Waals surface area contributed by atoms with Gasteiger partial charge in [0, 0.05) is 44.0 Å². The van der Waals surface area contributed by atoms with Crippen molar-refractivity contribution in [1.29, 1.82) is 0 Å². The highest BCUT2D eigenvalue weighted by atomic mass is 16.6. The number of hydrogen-bond donors (Lipinski definition) is 0. The Hall–Kier alpha value is -3.09. The fraction of sp³-hybridized carbons (Fsp3) is 0.381. The first kappa shape index (κ1) is 19.7. The molecule has 1 aliphatic rings. The summed E-state index contributed by atoms with van der Waals surface area (Å²) in [5.74, 6) is 1.09. The van der Waals surface area contributed by atoms with Crippen LogP contribution in [0.5, 0.6) is 5.75 Å². The van der Waals surface area contributed by atoms with Crippen molar-refractivity contribution >= 4 is 17.3 Å². The fourth-order valence-corrected chi connectivity index (χ4v) is 3.20. The van der Waals surface area contributed by atoms with E-state index in [0.29, 0.717) is 37.8 Å². The van der Waals surface area contributed by atoms with E-state index in [0.717, 1.165) is 5.69 Å². The summed E-state index contributed by atoms with van der Waals surface area (Å²) in [6, 6.07) is 14.4. The second-order valence-corrected chi connectivity index (χ2v) is 7.16. The van der Waals surface area contributed by atoms with Gasteiger partial charge in [-0.05, 0) is 35.7 Å². The van der Waals surface area contributed by atoms with Gasteiger partial charge in [-0.15, -0.1) is 0 Å². The minimum Gasteiger partial charge on any atom is -0.484 e. The third-order valence-electron chi connectivity index (χ3n) is 4.95. The summed E-state index contributed by atoms with van der Waals surface area (Å²) in [4.78, 5) is 26.7. The van der Waals surface area contributed by atoms with Crippen molar-refractivity contribution in [2.75, 3.05) is 37.7 Å². The van der Waals surface area contributed by atoms with Gasteiger partial charge in [-0.1, -0.05) is 26.0 Å². The molecule has 1 saturated heterocycles. The summed E-state index contributed by atoms with van der Waals surface area (Å²) in [7, 11) is 0. The lowest BCUT2D eigenvalue weighted by molar-refractivity contribution is -0.384. The number of amides is 1. The van der Waals surface area contributed by atoms with Crippen LogP contribution in [0.15, 0.2) is 48.5 Å². The molecule has 7 heteroatoms. The normalized spacial score (nSPS) is 14.2. The Morgan fingerprint density at radius 1 is 1.11 bits per heavy atom. The Morgan fingerprint density at radius 3 is 2.39 bits per heavy atom. The number of nitro groups is 1. The van der Waals surface area contributed by atoms with Gasteiger partial charge in [0.25, 0.3) is 11.6 Å². The Bertz CT molecular complexity index is 828. The van der Waals surface area contributed by atoms with Crippen LogP contribution in [-0.2, 0) is 4.79 Å². The molecule has 0 saturated carbocycles. The highest BCUT2D eigenvalue weighted by Gasteiger charge is 2.22. The van der Waals surface area contributed by atoms with Crippen molar-refractivity contribution < 1.29 is 14.5 Å². The molecular formula is C21H25N3O4. The monoisotopic (exact) mass is 383 g/mol. The standard InChI is InChI=1S/C21H25N3O4/c1-16(2)17-4-3-5-20(14-17)28-15-21(25)23-12-10-22(11-13-23)18-6-8-19(9-7-18)24(26)27/h3-9,14,16H,10-13,15H2,1-2H3. The van der Waals surface area contributed by atoms with Gasteiger partial charge in [-0.3, -0.25) is 14.9 Å². The van der Waals surface area contributed by atoms with Gasteiger partial charge in [0.05, 0.1) is 4.92 Å². The number of carbonyl (C=O) groups excluding carboxylic acids is 1. The van der Waals surface area contributed by atoms with Gasteiger partial charge < -0.3 is 14.5 Å². The molecular weight excluding hydrogens is 358 g/mol. The average molecular weight is 383 g/mol. The maximum absolute atomic E-state index is 12.5. The number of rotatable bonds is 6. The predicted octanol–water partition coefficient (Wildman–Crippen LogP) is 3.45. The van der Waals surface area contributed by atoms with E-state index in [2.05, 4.69) is 24.8 Å². The predicted molar refractivity (Wildman–Crippen MR) is 108 cm³/mol. The summed E-state index contributed by atoms with van der Waals surface area (Å²) < 4.78 is 5.69. The molecule has 0 aromatic heterocycles. The summed E-state index contributed by atoms with van der Waals surface area (Å²) in [5.41, 5.74) is 2.19. The fourth-order valence-electron chi connectivity index (χ4n) is 3.20. The van der Waals surface area contributed by atoms with Crippen LogP contribution in [0.1, 0.15) is 25.3 Å². The zero-order valence-electron chi connectivity index (χ0n) is 16.2. The maximum Gasteiger partial charge on any atom is 0.269 e. The molecule has 0 atom stereocenters. The molecule has 0 spiro atoms. The number of piperazine rings is 1. The van der Waals surface area contributed by atoms with E-state index in [1.54, 1.807) is 17.0 Å². The maximum atomic E-state index is 12.5. The molecule has 0 N–H and O–H groups in total. The zero-order valence-corrected chi connectivity index (χ0v) is 16.2. The Balaban J connectivity index is 1.49. The first-order chi connectivity index (χ1) is 13.4. The van der Waals surface area contributed by atoms with Crippen molar-refractivity contribution in [2.45, 2.75) is 19.8 Å². The van der Waals surface area contributed by atoms with Crippen LogP contribution in [0, 0.1) is 10.1 Å². The van der Waals surface area contributed by atoms with Crippen LogP contribution in [0.4, 0.5) is 11.4 Å². The molecule has 0 radical (unpaired) electrons. The Morgan fingerprint density at radius 2 is 1.79 bits per heavy atom. The summed E-state index contributed by atoms with van der Waals surface area (Å²) >= 11 is 0. The third kappa shape index (κ3) is 4.79. The van der Waals surface area contributed by atoms with Gasteiger partial charge in [0.15, 0.2) is 6.61 Å². The van der Waals surface area contributed by atoms with Gasteiger partial charge in [-0.2, -0.15) is 0 Å². The van der Waals surface area contributed by atoms with E-state index in [4.69, 9.17) is 4.74 Å². The van der Waals surface area contributed by atoms with Gasteiger partial charge in [0.1, 0.15) is 5.75 Å². The number of ether oxygens (including phenoxy) is 1. The number of anilines is 1. The first-order valence-electron chi connectivity index (χ1n) is 9.44. The van der Waals surface area contributed by atoms with Crippen LogP contribution in [0.3, 0.4) is 0 Å².